The zero-order chi connectivity index (χ0) is 23.8. The first-order chi connectivity index (χ1) is 15.8. The van der Waals surface area contributed by atoms with Crippen LogP contribution in [0.25, 0.3) is 11.1 Å². The number of carbonyl (C=O) groups is 3. The van der Waals surface area contributed by atoms with Crippen LogP contribution in [-0.2, 0) is 14.3 Å². The van der Waals surface area contributed by atoms with Crippen LogP contribution in [0.15, 0.2) is 48.5 Å². The first-order valence-electron chi connectivity index (χ1n) is 11.4. The largest absolute Gasteiger partial charge is 0.481 e. The molecule has 2 aromatic rings. The molecule has 0 radical (unpaired) electrons. The van der Waals surface area contributed by atoms with E-state index < -0.39 is 17.5 Å². The summed E-state index contributed by atoms with van der Waals surface area (Å²) in [6.45, 7) is 4.30. The van der Waals surface area contributed by atoms with Crippen LogP contribution in [0.4, 0.5) is 4.79 Å². The van der Waals surface area contributed by atoms with Gasteiger partial charge in [0.05, 0.1) is 5.41 Å². The Labute approximate surface area is 194 Å². The predicted molar refractivity (Wildman–Crippen MR) is 126 cm³/mol. The Morgan fingerprint density at radius 1 is 0.909 bits per heavy atom. The van der Waals surface area contributed by atoms with E-state index in [1.54, 1.807) is 13.8 Å². The van der Waals surface area contributed by atoms with Gasteiger partial charge in [-0.1, -0.05) is 48.5 Å². The summed E-state index contributed by atoms with van der Waals surface area (Å²) in [5.74, 6) is -0.966. The second-order valence-electron chi connectivity index (χ2n) is 9.00. The van der Waals surface area contributed by atoms with Crippen LogP contribution >= 0.6 is 0 Å². The maximum atomic E-state index is 12.2. The summed E-state index contributed by atoms with van der Waals surface area (Å²) in [5.41, 5.74) is 3.85. The van der Waals surface area contributed by atoms with E-state index in [1.807, 2.05) is 24.3 Å². The average Bonchev–Trinajstić information content (AvgIpc) is 3.11. The van der Waals surface area contributed by atoms with E-state index >= 15 is 0 Å². The Bertz CT molecular complexity index is 956. The van der Waals surface area contributed by atoms with Gasteiger partial charge in [-0.2, -0.15) is 0 Å². The minimum atomic E-state index is -0.879. The van der Waals surface area contributed by atoms with Crippen molar-refractivity contribution in [2.45, 2.75) is 45.4 Å². The average molecular weight is 453 g/mol. The van der Waals surface area contributed by atoms with E-state index in [2.05, 4.69) is 34.9 Å². The lowest BCUT2D eigenvalue weighted by atomic mass is 9.90. The molecular formula is C26H32N2O5. The van der Waals surface area contributed by atoms with Crippen LogP contribution in [0.1, 0.15) is 56.6 Å². The molecule has 0 bridgehead atoms. The number of benzene rings is 2. The van der Waals surface area contributed by atoms with Gasteiger partial charge in [0.15, 0.2) is 0 Å². The number of carboxylic acids is 1. The van der Waals surface area contributed by atoms with Gasteiger partial charge < -0.3 is 20.5 Å². The molecule has 3 N–H and O–H groups in total. The highest BCUT2D eigenvalue weighted by Crippen LogP contribution is 2.44. The van der Waals surface area contributed by atoms with Gasteiger partial charge in [0.25, 0.3) is 0 Å². The van der Waals surface area contributed by atoms with E-state index in [9.17, 15) is 14.4 Å². The number of alkyl carbamates (subject to hydrolysis) is 1. The quantitative estimate of drug-likeness (QED) is 0.441. The maximum absolute atomic E-state index is 12.2. The number of unbranched alkanes of at least 4 members (excludes halogenated alkanes) is 1. The second-order valence-corrected chi connectivity index (χ2v) is 9.00. The molecule has 0 unspecified atom stereocenters. The van der Waals surface area contributed by atoms with E-state index in [1.165, 1.54) is 22.3 Å². The number of nitrogens with one attached hydrogen (secondary N) is 2. The molecular weight excluding hydrogens is 420 g/mol. The standard InChI is InChI=1S/C26H32N2O5/c1-26(2,24(30)31)14-16-27-23(29)13-7-8-15-28-25(32)33-17-22-20-11-5-3-9-18(20)19-10-4-6-12-21(19)22/h3-6,9-12,22H,7-8,13-17H2,1-2H3,(H,27,29)(H,28,32)(H,30,31). The number of carbonyl (C=O) groups excluding carboxylic acids is 2. The number of amides is 2. The number of aliphatic carboxylic acids is 1. The molecule has 0 aliphatic heterocycles. The lowest BCUT2D eigenvalue weighted by Gasteiger charge is -2.18. The molecule has 0 aromatic heterocycles. The van der Waals surface area contributed by atoms with Gasteiger partial charge in [0, 0.05) is 25.4 Å². The Morgan fingerprint density at radius 2 is 1.52 bits per heavy atom. The SMILES string of the molecule is CC(C)(CCNC(=O)CCCCNC(=O)OCC1c2ccccc2-c2ccccc21)C(=O)O. The van der Waals surface area contributed by atoms with Crippen molar-refractivity contribution in [3.63, 3.8) is 0 Å². The van der Waals surface area contributed by atoms with Crippen molar-refractivity contribution in [3.05, 3.63) is 59.7 Å². The van der Waals surface area contributed by atoms with Gasteiger partial charge in [-0.25, -0.2) is 4.79 Å². The van der Waals surface area contributed by atoms with Crippen molar-refractivity contribution >= 4 is 18.0 Å². The number of rotatable bonds is 11. The first-order valence-corrected chi connectivity index (χ1v) is 11.4. The molecule has 0 heterocycles. The normalized spacial score (nSPS) is 12.5. The summed E-state index contributed by atoms with van der Waals surface area (Å²) >= 11 is 0. The van der Waals surface area contributed by atoms with Crippen molar-refractivity contribution in [1.29, 1.82) is 0 Å². The molecule has 0 saturated carbocycles. The molecule has 0 saturated heterocycles. The van der Waals surface area contributed by atoms with Crippen LogP contribution < -0.4 is 10.6 Å². The van der Waals surface area contributed by atoms with Gasteiger partial charge in [-0.15, -0.1) is 0 Å². The summed E-state index contributed by atoms with van der Waals surface area (Å²) in [6, 6.07) is 16.4. The fourth-order valence-electron chi connectivity index (χ4n) is 3.96. The van der Waals surface area contributed by atoms with E-state index in [4.69, 9.17) is 9.84 Å². The molecule has 7 nitrogen and oxygen atoms in total. The minimum Gasteiger partial charge on any atom is -0.481 e. The lowest BCUT2D eigenvalue weighted by Crippen LogP contribution is -2.32. The van der Waals surface area contributed by atoms with Gasteiger partial charge in [-0.3, -0.25) is 9.59 Å². The molecule has 0 fully saturated rings. The number of fused-ring (bicyclic) bond motifs is 3. The maximum Gasteiger partial charge on any atom is 0.407 e. The van der Waals surface area contributed by atoms with Crippen molar-refractivity contribution in [2.75, 3.05) is 19.7 Å². The van der Waals surface area contributed by atoms with Crippen LogP contribution in [-0.4, -0.2) is 42.8 Å². The van der Waals surface area contributed by atoms with Crippen molar-refractivity contribution < 1.29 is 24.2 Å². The van der Waals surface area contributed by atoms with Gasteiger partial charge in [0.2, 0.25) is 5.91 Å². The molecule has 2 aromatic carbocycles. The third-order valence-corrected chi connectivity index (χ3v) is 6.09. The minimum absolute atomic E-state index is 0.0259. The summed E-state index contributed by atoms with van der Waals surface area (Å²) in [6.07, 6.45) is 1.52. The fourth-order valence-corrected chi connectivity index (χ4v) is 3.96. The smallest absolute Gasteiger partial charge is 0.407 e. The van der Waals surface area contributed by atoms with Crippen LogP contribution in [0, 0.1) is 5.41 Å². The second kappa shape index (κ2) is 11.0. The Kier molecular flexibility index (Phi) is 8.09. The Balaban J connectivity index is 1.33. The third kappa shape index (κ3) is 6.34. The van der Waals surface area contributed by atoms with E-state index in [0.717, 1.165) is 0 Å². The van der Waals surface area contributed by atoms with Gasteiger partial charge in [0.1, 0.15) is 6.61 Å². The zero-order valence-corrected chi connectivity index (χ0v) is 19.2. The molecule has 0 atom stereocenters. The molecule has 2 amide bonds. The summed E-state index contributed by atoms with van der Waals surface area (Å²) < 4.78 is 5.49. The van der Waals surface area contributed by atoms with E-state index in [0.29, 0.717) is 38.8 Å². The van der Waals surface area contributed by atoms with E-state index in [-0.39, 0.29) is 18.4 Å². The Morgan fingerprint density at radius 3 is 2.12 bits per heavy atom. The molecule has 1 aliphatic rings. The molecule has 1 aliphatic carbocycles. The topological polar surface area (TPSA) is 105 Å². The molecule has 176 valence electrons. The molecule has 33 heavy (non-hydrogen) atoms. The number of ether oxygens (including phenoxy) is 1. The monoisotopic (exact) mass is 452 g/mol. The number of hydrogen-bond donors (Lipinski definition) is 3. The summed E-state index contributed by atoms with van der Waals surface area (Å²) in [4.78, 5) is 35.1. The number of hydrogen-bond acceptors (Lipinski definition) is 4. The third-order valence-electron chi connectivity index (χ3n) is 6.09. The summed E-state index contributed by atoms with van der Waals surface area (Å²) in [7, 11) is 0. The van der Waals surface area contributed by atoms with Crippen molar-refractivity contribution in [3.8, 4) is 11.1 Å². The Hall–Kier alpha value is -3.35. The highest BCUT2D eigenvalue weighted by Gasteiger charge is 2.29. The first kappa shape index (κ1) is 24.3. The molecule has 7 heteroatoms. The zero-order valence-electron chi connectivity index (χ0n) is 19.2. The highest BCUT2D eigenvalue weighted by atomic mass is 16.5. The van der Waals surface area contributed by atoms with Crippen LogP contribution in [0.3, 0.4) is 0 Å². The van der Waals surface area contributed by atoms with Crippen LogP contribution in [0.5, 0.6) is 0 Å². The fraction of sp³-hybridized carbons (Fsp3) is 0.423. The lowest BCUT2D eigenvalue weighted by molar-refractivity contribution is -0.147. The van der Waals surface area contributed by atoms with Crippen molar-refractivity contribution in [2.24, 2.45) is 5.41 Å². The van der Waals surface area contributed by atoms with Crippen molar-refractivity contribution in [1.82, 2.24) is 10.6 Å². The summed E-state index contributed by atoms with van der Waals surface area (Å²) in [5, 5.41) is 14.6. The molecule has 0 spiro atoms. The van der Waals surface area contributed by atoms with Gasteiger partial charge >= 0.3 is 12.1 Å². The number of carboxylic acid groups (broad SMARTS) is 1. The predicted octanol–water partition coefficient (Wildman–Crippen LogP) is 4.31. The van der Waals surface area contributed by atoms with Crippen LogP contribution in [0.2, 0.25) is 0 Å². The highest BCUT2D eigenvalue weighted by molar-refractivity contribution is 5.79. The van der Waals surface area contributed by atoms with Gasteiger partial charge in [-0.05, 0) is 55.4 Å². The molecule has 3 rings (SSSR count).